The molecule has 1 aromatic heterocycles. The lowest BCUT2D eigenvalue weighted by molar-refractivity contribution is 0.300. The summed E-state index contributed by atoms with van der Waals surface area (Å²) in [4.78, 5) is 0. The van der Waals surface area contributed by atoms with Crippen LogP contribution in [0.25, 0.3) is 0 Å². The number of rotatable bonds is 10. The maximum atomic E-state index is 6.00. The van der Waals surface area contributed by atoms with E-state index in [1.807, 2.05) is 12.1 Å². The van der Waals surface area contributed by atoms with E-state index in [9.17, 15) is 0 Å². The topological polar surface area (TPSA) is 34.4 Å². The van der Waals surface area contributed by atoms with Gasteiger partial charge in [-0.15, -0.1) is 0 Å². The van der Waals surface area contributed by atoms with Crippen molar-refractivity contribution in [3.05, 3.63) is 53.0 Å². The molecule has 0 spiro atoms. The number of aryl methyl sites for hydroxylation is 2. The molecule has 0 aliphatic heterocycles. The van der Waals surface area contributed by atoms with Crippen LogP contribution in [-0.2, 0) is 6.54 Å². The number of furan rings is 1. The molecule has 2 aromatic rings. The van der Waals surface area contributed by atoms with Gasteiger partial charge in [-0.3, -0.25) is 0 Å². The van der Waals surface area contributed by atoms with Crippen LogP contribution in [0.2, 0.25) is 0 Å². The Balaban J connectivity index is 1.52. The molecule has 0 aliphatic carbocycles. The van der Waals surface area contributed by atoms with Crippen LogP contribution in [0.4, 0.5) is 0 Å². The van der Waals surface area contributed by atoms with Gasteiger partial charge in [0.05, 0.1) is 19.4 Å². The van der Waals surface area contributed by atoms with Gasteiger partial charge in [0.2, 0.25) is 0 Å². The maximum Gasteiger partial charge on any atom is 0.125 e. The van der Waals surface area contributed by atoms with E-state index in [4.69, 9.17) is 9.15 Å². The Morgan fingerprint density at radius 3 is 2.52 bits per heavy atom. The minimum absolute atomic E-state index is 0.810. The Kier molecular flexibility index (Phi) is 7.21. The van der Waals surface area contributed by atoms with E-state index in [0.29, 0.717) is 0 Å². The van der Waals surface area contributed by atoms with E-state index in [2.05, 4.69) is 38.2 Å². The third-order valence-electron chi connectivity index (χ3n) is 4.25. The fraction of sp³-hybridized carbons (Fsp3) is 0.500. The van der Waals surface area contributed by atoms with Gasteiger partial charge in [0.25, 0.3) is 0 Å². The lowest BCUT2D eigenvalue weighted by Crippen LogP contribution is -2.14. The minimum atomic E-state index is 0.810. The number of hydrogen-bond donors (Lipinski definition) is 1. The SMILES string of the molecule is Cc1ccc(C)c(OCCCCCCNCc2ccco2)c1C. The summed E-state index contributed by atoms with van der Waals surface area (Å²) in [6.45, 7) is 9.07. The molecular formula is C20H29NO2. The number of unbranched alkanes of at least 4 members (excludes halogenated alkanes) is 3. The van der Waals surface area contributed by atoms with E-state index in [1.54, 1.807) is 6.26 Å². The normalized spacial score (nSPS) is 10.9. The average Bonchev–Trinajstić information content (AvgIpc) is 3.05. The van der Waals surface area contributed by atoms with Crippen LogP contribution in [-0.4, -0.2) is 13.2 Å². The molecule has 0 fully saturated rings. The van der Waals surface area contributed by atoms with Gasteiger partial charge in [-0.2, -0.15) is 0 Å². The Labute approximate surface area is 140 Å². The first-order chi connectivity index (χ1) is 11.2. The first-order valence-corrected chi connectivity index (χ1v) is 8.61. The fourth-order valence-corrected chi connectivity index (χ4v) is 2.65. The van der Waals surface area contributed by atoms with Crippen LogP contribution in [0, 0.1) is 20.8 Å². The van der Waals surface area contributed by atoms with Crippen molar-refractivity contribution in [2.24, 2.45) is 0 Å². The summed E-state index contributed by atoms with van der Waals surface area (Å²) in [6.07, 6.45) is 6.48. The molecular weight excluding hydrogens is 286 g/mol. The smallest absolute Gasteiger partial charge is 0.125 e. The van der Waals surface area contributed by atoms with Gasteiger partial charge < -0.3 is 14.5 Å². The molecule has 23 heavy (non-hydrogen) atoms. The van der Waals surface area contributed by atoms with Crippen molar-refractivity contribution < 1.29 is 9.15 Å². The van der Waals surface area contributed by atoms with Crippen LogP contribution in [0.1, 0.15) is 48.1 Å². The van der Waals surface area contributed by atoms with E-state index in [-0.39, 0.29) is 0 Å². The molecule has 1 heterocycles. The van der Waals surface area contributed by atoms with Gasteiger partial charge >= 0.3 is 0 Å². The molecule has 0 radical (unpaired) electrons. The second kappa shape index (κ2) is 9.41. The predicted molar refractivity (Wildman–Crippen MR) is 95.0 cm³/mol. The molecule has 0 saturated heterocycles. The van der Waals surface area contributed by atoms with Crippen molar-refractivity contribution in [1.29, 1.82) is 0 Å². The zero-order valence-electron chi connectivity index (χ0n) is 14.7. The molecule has 126 valence electrons. The summed E-state index contributed by atoms with van der Waals surface area (Å²) < 4.78 is 11.3. The first-order valence-electron chi connectivity index (χ1n) is 8.61. The number of benzene rings is 1. The van der Waals surface area contributed by atoms with Crippen molar-refractivity contribution in [3.63, 3.8) is 0 Å². The number of hydrogen-bond acceptors (Lipinski definition) is 3. The lowest BCUT2D eigenvalue weighted by Gasteiger charge is -2.13. The molecule has 0 unspecified atom stereocenters. The summed E-state index contributed by atoms with van der Waals surface area (Å²) in [5.41, 5.74) is 3.80. The maximum absolute atomic E-state index is 6.00. The highest BCUT2D eigenvalue weighted by Crippen LogP contribution is 2.25. The van der Waals surface area contributed by atoms with Crippen molar-refractivity contribution in [2.75, 3.05) is 13.2 Å². The number of ether oxygens (including phenoxy) is 1. The third-order valence-corrected chi connectivity index (χ3v) is 4.25. The van der Waals surface area contributed by atoms with Crippen molar-refractivity contribution in [3.8, 4) is 5.75 Å². The summed E-state index contributed by atoms with van der Waals surface area (Å²) in [7, 11) is 0. The Hall–Kier alpha value is -1.74. The van der Waals surface area contributed by atoms with Crippen molar-refractivity contribution in [1.82, 2.24) is 5.32 Å². The van der Waals surface area contributed by atoms with Gasteiger partial charge in [-0.05, 0) is 69.0 Å². The average molecular weight is 315 g/mol. The van der Waals surface area contributed by atoms with E-state index in [1.165, 1.54) is 36.0 Å². The molecule has 0 atom stereocenters. The first kappa shape index (κ1) is 17.6. The molecule has 0 saturated carbocycles. The molecule has 2 rings (SSSR count). The summed E-state index contributed by atoms with van der Waals surface area (Å²) >= 11 is 0. The zero-order valence-corrected chi connectivity index (χ0v) is 14.7. The van der Waals surface area contributed by atoms with Crippen LogP contribution in [0.5, 0.6) is 5.75 Å². The van der Waals surface area contributed by atoms with Crippen LogP contribution >= 0.6 is 0 Å². The summed E-state index contributed by atoms with van der Waals surface area (Å²) in [5.74, 6) is 2.08. The van der Waals surface area contributed by atoms with Crippen LogP contribution in [0.3, 0.4) is 0 Å². The highest BCUT2D eigenvalue weighted by molar-refractivity contribution is 5.44. The molecule has 0 amide bonds. The standard InChI is InChI=1S/C20H29NO2/c1-16-10-11-17(2)20(18(16)3)23-13-7-5-4-6-12-21-15-19-9-8-14-22-19/h8-11,14,21H,4-7,12-13,15H2,1-3H3. The van der Waals surface area contributed by atoms with Crippen LogP contribution < -0.4 is 10.1 Å². The fourth-order valence-electron chi connectivity index (χ4n) is 2.65. The van der Waals surface area contributed by atoms with Gasteiger partial charge in [-0.1, -0.05) is 25.0 Å². The third kappa shape index (κ3) is 5.76. The number of nitrogens with one attached hydrogen (secondary N) is 1. The largest absolute Gasteiger partial charge is 0.493 e. The molecule has 3 heteroatoms. The Bertz CT molecular complexity index is 576. The van der Waals surface area contributed by atoms with E-state index >= 15 is 0 Å². The monoisotopic (exact) mass is 315 g/mol. The molecule has 1 N–H and O–H groups in total. The second-order valence-corrected chi connectivity index (χ2v) is 6.17. The summed E-state index contributed by atoms with van der Waals surface area (Å²) in [5, 5.41) is 3.40. The molecule has 0 aliphatic rings. The summed E-state index contributed by atoms with van der Waals surface area (Å²) in [6, 6.07) is 8.23. The van der Waals surface area contributed by atoms with Gasteiger partial charge in [0, 0.05) is 0 Å². The van der Waals surface area contributed by atoms with Gasteiger partial charge in [0.15, 0.2) is 0 Å². The quantitative estimate of drug-likeness (QED) is 0.631. The highest BCUT2D eigenvalue weighted by atomic mass is 16.5. The second-order valence-electron chi connectivity index (χ2n) is 6.17. The van der Waals surface area contributed by atoms with E-state index < -0.39 is 0 Å². The van der Waals surface area contributed by atoms with Gasteiger partial charge in [-0.25, -0.2) is 0 Å². The van der Waals surface area contributed by atoms with Crippen LogP contribution in [0.15, 0.2) is 34.9 Å². The predicted octanol–water partition coefficient (Wildman–Crippen LogP) is 4.93. The van der Waals surface area contributed by atoms with Crippen molar-refractivity contribution >= 4 is 0 Å². The molecule has 3 nitrogen and oxygen atoms in total. The Morgan fingerprint density at radius 2 is 1.74 bits per heavy atom. The highest BCUT2D eigenvalue weighted by Gasteiger charge is 2.05. The lowest BCUT2D eigenvalue weighted by atomic mass is 10.1. The van der Waals surface area contributed by atoms with Crippen molar-refractivity contribution in [2.45, 2.75) is 53.0 Å². The zero-order chi connectivity index (χ0) is 16.5. The minimum Gasteiger partial charge on any atom is -0.493 e. The molecule has 0 bridgehead atoms. The van der Waals surface area contributed by atoms with E-state index in [0.717, 1.165) is 37.6 Å². The molecule has 1 aromatic carbocycles. The van der Waals surface area contributed by atoms with Gasteiger partial charge in [0.1, 0.15) is 11.5 Å². The Morgan fingerprint density at radius 1 is 0.957 bits per heavy atom.